The van der Waals surface area contributed by atoms with Gasteiger partial charge in [0.05, 0.1) is 17.7 Å². The highest BCUT2D eigenvalue weighted by molar-refractivity contribution is 7.10. The summed E-state index contributed by atoms with van der Waals surface area (Å²) < 4.78 is 26.3. The fraction of sp³-hybridized carbons (Fsp3) is 0.357. The number of nitrogens with zero attached hydrogens (tertiary/aromatic N) is 2. The fourth-order valence-corrected chi connectivity index (χ4v) is 5.81. The van der Waals surface area contributed by atoms with Crippen molar-refractivity contribution in [3.05, 3.63) is 87.9 Å². The molecule has 1 saturated heterocycles. The minimum absolute atomic E-state index is 0.0361. The number of carbonyl (C=O) groups excluding carboxylic acids is 2. The zero-order valence-electron chi connectivity index (χ0n) is 20.0. The van der Waals surface area contributed by atoms with E-state index in [4.69, 9.17) is 9.47 Å². The molecular weight excluding hydrogens is 479 g/mol. The Labute approximate surface area is 214 Å². The molecule has 0 spiro atoms. The molecule has 2 aliphatic heterocycles. The second-order valence-electron chi connectivity index (χ2n) is 9.08. The minimum Gasteiger partial charge on any atom is -0.491 e. The molecule has 0 N–H and O–H groups in total. The van der Waals surface area contributed by atoms with E-state index in [1.54, 1.807) is 28.4 Å². The summed E-state index contributed by atoms with van der Waals surface area (Å²) in [5.74, 6) is -0.539. The smallest absolute Gasteiger partial charge is 0.257 e. The van der Waals surface area contributed by atoms with Gasteiger partial charge in [0, 0.05) is 24.6 Å². The molecule has 0 bridgehead atoms. The second kappa shape index (κ2) is 11.2. The molecule has 3 aromatic rings. The van der Waals surface area contributed by atoms with Crippen LogP contribution in [0.2, 0.25) is 0 Å². The van der Waals surface area contributed by atoms with Crippen LogP contribution in [0.25, 0.3) is 0 Å². The van der Waals surface area contributed by atoms with E-state index < -0.39 is 11.7 Å². The van der Waals surface area contributed by atoms with Crippen LogP contribution in [0.4, 0.5) is 4.39 Å². The number of carbonyl (C=O) groups is 2. The topological polar surface area (TPSA) is 59.1 Å². The first-order valence-corrected chi connectivity index (χ1v) is 13.2. The van der Waals surface area contributed by atoms with E-state index in [9.17, 15) is 14.0 Å². The van der Waals surface area contributed by atoms with Crippen LogP contribution < -0.4 is 4.74 Å². The lowest BCUT2D eigenvalue weighted by atomic mass is 10.00. The van der Waals surface area contributed by atoms with E-state index in [1.165, 1.54) is 21.9 Å². The third kappa shape index (κ3) is 5.44. The third-order valence-corrected chi connectivity index (χ3v) is 7.73. The van der Waals surface area contributed by atoms with E-state index in [0.717, 1.165) is 30.6 Å². The Morgan fingerprint density at radius 2 is 1.92 bits per heavy atom. The van der Waals surface area contributed by atoms with Crippen molar-refractivity contribution in [2.24, 2.45) is 0 Å². The zero-order chi connectivity index (χ0) is 24.9. The molecule has 3 heterocycles. The Bertz CT molecular complexity index is 1200. The molecular formula is C28H29FN2O4S. The summed E-state index contributed by atoms with van der Waals surface area (Å²) in [6.07, 6.45) is 2.32. The van der Waals surface area contributed by atoms with Gasteiger partial charge in [-0.2, -0.15) is 0 Å². The Morgan fingerprint density at radius 1 is 1.11 bits per heavy atom. The molecule has 2 amide bonds. The molecule has 0 unspecified atom stereocenters. The van der Waals surface area contributed by atoms with E-state index in [-0.39, 0.29) is 36.7 Å². The van der Waals surface area contributed by atoms with Crippen molar-refractivity contribution in [3.8, 4) is 5.75 Å². The van der Waals surface area contributed by atoms with Gasteiger partial charge >= 0.3 is 0 Å². The molecule has 0 saturated carbocycles. The van der Waals surface area contributed by atoms with Crippen molar-refractivity contribution in [1.29, 1.82) is 0 Å². The van der Waals surface area contributed by atoms with Crippen LogP contribution in [0.15, 0.2) is 66.0 Å². The number of halogens is 1. The van der Waals surface area contributed by atoms with Crippen molar-refractivity contribution in [3.63, 3.8) is 0 Å². The number of hydrogen-bond donors (Lipinski definition) is 0. The molecule has 2 atom stereocenters. The van der Waals surface area contributed by atoms with Gasteiger partial charge < -0.3 is 19.3 Å². The van der Waals surface area contributed by atoms with E-state index >= 15 is 0 Å². The van der Waals surface area contributed by atoms with Crippen LogP contribution in [0, 0.1) is 5.82 Å². The number of amides is 2. The number of rotatable bonds is 8. The largest absolute Gasteiger partial charge is 0.491 e. The maximum atomic E-state index is 14.5. The highest BCUT2D eigenvalue weighted by Crippen LogP contribution is 2.34. The molecule has 5 rings (SSSR count). The molecule has 188 valence electrons. The second-order valence-corrected chi connectivity index (χ2v) is 10.1. The number of para-hydroxylation sites is 1. The van der Waals surface area contributed by atoms with Gasteiger partial charge in [0.25, 0.3) is 5.91 Å². The summed E-state index contributed by atoms with van der Waals surface area (Å²) in [5, 5.41) is 2.04. The van der Waals surface area contributed by atoms with Crippen LogP contribution in [-0.2, 0) is 16.0 Å². The van der Waals surface area contributed by atoms with Crippen LogP contribution in [0.3, 0.4) is 0 Å². The highest BCUT2D eigenvalue weighted by atomic mass is 32.1. The first-order valence-electron chi connectivity index (χ1n) is 12.3. The first-order chi connectivity index (χ1) is 17.6. The van der Waals surface area contributed by atoms with Crippen molar-refractivity contribution >= 4 is 23.2 Å². The molecule has 36 heavy (non-hydrogen) atoms. The predicted molar refractivity (Wildman–Crippen MR) is 136 cm³/mol. The summed E-state index contributed by atoms with van der Waals surface area (Å²) in [4.78, 5) is 31.5. The number of fused-ring (bicyclic) bond motifs is 1. The van der Waals surface area contributed by atoms with Crippen LogP contribution in [-0.4, -0.2) is 60.6 Å². The highest BCUT2D eigenvalue weighted by Gasteiger charge is 2.35. The van der Waals surface area contributed by atoms with E-state index in [1.807, 2.05) is 41.8 Å². The quantitative estimate of drug-likeness (QED) is 0.442. The Hall–Kier alpha value is -3.23. The molecule has 1 fully saturated rings. The summed E-state index contributed by atoms with van der Waals surface area (Å²) in [7, 11) is 0. The summed E-state index contributed by atoms with van der Waals surface area (Å²) in [5.41, 5.74) is 1.05. The lowest BCUT2D eigenvalue weighted by molar-refractivity contribution is -0.135. The molecule has 0 radical (unpaired) electrons. The van der Waals surface area contributed by atoms with Crippen LogP contribution in [0.1, 0.15) is 39.7 Å². The predicted octanol–water partition coefficient (Wildman–Crippen LogP) is 4.71. The van der Waals surface area contributed by atoms with Gasteiger partial charge in [-0.3, -0.25) is 9.59 Å². The van der Waals surface area contributed by atoms with Gasteiger partial charge in [-0.15, -0.1) is 11.3 Å². The van der Waals surface area contributed by atoms with Gasteiger partial charge in [-0.1, -0.05) is 30.3 Å². The Kier molecular flexibility index (Phi) is 7.63. The van der Waals surface area contributed by atoms with E-state index in [2.05, 4.69) is 0 Å². The van der Waals surface area contributed by atoms with E-state index in [0.29, 0.717) is 19.8 Å². The zero-order valence-corrected chi connectivity index (χ0v) is 20.8. The van der Waals surface area contributed by atoms with Gasteiger partial charge in [0.1, 0.15) is 24.7 Å². The van der Waals surface area contributed by atoms with Gasteiger partial charge in [0.2, 0.25) is 5.91 Å². The molecule has 6 nitrogen and oxygen atoms in total. The summed E-state index contributed by atoms with van der Waals surface area (Å²) in [6.45, 7) is 1.59. The maximum absolute atomic E-state index is 14.5. The summed E-state index contributed by atoms with van der Waals surface area (Å²) >= 11 is 1.69. The van der Waals surface area contributed by atoms with Crippen molar-refractivity contribution in [2.45, 2.75) is 31.4 Å². The minimum atomic E-state index is -0.595. The number of benzene rings is 2. The average Bonchev–Trinajstić information content (AvgIpc) is 3.59. The van der Waals surface area contributed by atoms with Crippen molar-refractivity contribution < 1.29 is 23.5 Å². The van der Waals surface area contributed by atoms with Gasteiger partial charge in [-0.25, -0.2) is 4.39 Å². The first kappa shape index (κ1) is 24.5. The van der Waals surface area contributed by atoms with Gasteiger partial charge in [-0.05, 0) is 60.5 Å². The SMILES string of the molecule is O=C(c1ccccc1F)N(CC(=O)N1CCc2sccc2[C@@H]1COc1ccccc1)C[C@@H]1CCCO1. The van der Waals surface area contributed by atoms with Crippen molar-refractivity contribution in [1.82, 2.24) is 9.80 Å². The number of thiophene rings is 1. The maximum Gasteiger partial charge on any atom is 0.257 e. The standard InChI is InChI=1S/C28H29FN2O4S/c29-24-11-5-4-10-22(24)28(33)30(17-21-9-6-15-34-21)18-27(32)31-14-12-26-23(13-16-36-26)25(31)19-35-20-7-2-1-3-8-20/h1-5,7-8,10-11,13,16,21,25H,6,9,12,14-15,17-19H2/t21-,25-/m0/s1. The molecule has 1 aromatic heterocycles. The lowest BCUT2D eigenvalue weighted by Crippen LogP contribution is -2.49. The monoisotopic (exact) mass is 508 g/mol. The number of ether oxygens (including phenoxy) is 2. The molecule has 2 aromatic carbocycles. The summed E-state index contributed by atoms with van der Waals surface area (Å²) in [6, 6.07) is 17.2. The average molecular weight is 509 g/mol. The molecule has 0 aliphatic carbocycles. The normalized spacial score (nSPS) is 19.1. The Morgan fingerprint density at radius 3 is 2.69 bits per heavy atom. The van der Waals surface area contributed by atoms with Crippen LogP contribution >= 0.6 is 11.3 Å². The molecule has 2 aliphatic rings. The Balaban J connectivity index is 1.36. The lowest BCUT2D eigenvalue weighted by Gasteiger charge is -2.37. The van der Waals surface area contributed by atoms with Crippen molar-refractivity contribution in [2.75, 3.05) is 32.8 Å². The number of hydrogen-bond acceptors (Lipinski definition) is 5. The fourth-order valence-electron chi connectivity index (χ4n) is 4.88. The van der Waals surface area contributed by atoms with Gasteiger partial charge in [0.15, 0.2) is 0 Å². The third-order valence-electron chi connectivity index (χ3n) is 6.73. The van der Waals surface area contributed by atoms with Crippen LogP contribution in [0.5, 0.6) is 5.75 Å². The molecule has 8 heteroatoms.